The lowest BCUT2D eigenvalue weighted by atomic mass is 9.96. The molecule has 0 aromatic carbocycles. The van der Waals surface area contributed by atoms with Crippen molar-refractivity contribution in [2.24, 2.45) is 5.92 Å². The Kier molecular flexibility index (Phi) is 5.07. The summed E-state index contributed by atoms with van der Waals surface area (Å²) in [6, 6.07) is 4.45. The lowest BCUT2D eigenvalue weighted by molar-refractivity contribution is 0.315. The Morgan fingerprint density at radius 1 is 1.20 bits per heavy atom. The molecule has 1 saturated carbocycles. The van der Waals surface area contributed by atoms with Crippen molar-refractivity contribution in [1.82, 2.24) is 29.7 Å². The molecule has 1 atom stereocenters. The standard InChI is InChI=1S/C21H20N8S/c22-7-5-18(14-3-1-2-4-14)29-12-15(9-25-29)19-20-17(6-8-30-20)27-21(28-19)26-16-10-23-13-24-11-16/h6,8-14,18H,1-5H2,(H,26,27,28). The molecule has 4 heterocycles. The van der Waals surface area contributed by atoms with Gasteiger partial charge in [0.1, 0.15) is 6.33 Å². The topological polar surface area (TPSA) is 105 Å². The molecular formula is C21H20N8S. The second kappa shape index (κ2) is 8.16. The summed E-state index contributed by atoms with van der Waals surface area (Å²) in [6.07, 6.45) is 14.0. The number of aromatic nitrogens is 6. The zero-order valence-corrected chi connectivity index (χ0v) is 17.1. The van der Waals surface area contributed by atoms with Gasteiger partial charge in [-0.25, -0.2) is 19.9 Å². The Bertz CT molecular complexity index is 1190. The number of rotatable bonds is 6. The number of nitriles is 1. The third-order valence-electron chi connectivity index (χ3n) is 5.58. The summed E-state index contributed by atoms with van der Waals surface area (Å²) in [5, 5.41) is 19.2. The lowest BCUT2D eigenvalue weighted by Crippen LogP contribution is -2.17. The largest absolute Gasteiger partial charge is 0.321 e. The predicted molar refractivity (Wildman–Crippen MR) is 115 cm³/mol. The maximum absolute atomic E-state index is 9.34. The van der Waals surface area contributed by atoms with E-state index >= 15 is 0 Å². The lowest BCUT2D eigenvalue weighted by Gasteiger charge is -2.21. The van der Waals surface area contributed by atoms with Crippen LogP contribution in [0.25, 0.3) is 21.5 Å². The maximum Gasteiger partial charge on any atom is 0.228 e. The van der Waals surface area contributed by atoms with Gasteiger partial charge in [0.25, 0.3) is 0 Å². The molecule has 0 spiro atoms. The van der Waals surface area contributed by atoms with Gasteiger partial charge in [-0.2, -0.15) is 10.4 Å². The van der Waals surface area contributed by atoms with Crippen molar-refractivity contribution in [3.8, 4) is 17.3 Å². The third kappa shape index (κ3) is 3.62. The number of hydrogen-bond donors (Lipinski definition) is 1. The van der Waals surface area contributed by atoms with Gasteiger partial charge in [0, 0.05) is 11.8 Å². The highest BCUT2D eigenvalue weighted by atomic mass is 32.1. The molecule has 30 heavy (non-hydrogen) atoms. The van der Waals surface area contributed by atoms with Crippen molar-refractivity contribution < 1.29 is 0 Å². The van der Waals surface area contributed by atoms with Gasteiger partial charge in [-0.05, 0) is 30.2 Å². The summed E-state index contributed by atoms with van der Waals surface area (Å²) in [4.78, 5) is 17.4. The van der Waals surface area contributed by atoms with E-state index in [-0.39, 0.29) is 6.04 Å². The second-order valence-electron chi connectivity index (χ2n) is 7.47. The molecule has 0 radical (unpaired) electrons. The van der Waals surface area contributed by atoms with Gasteiger partial charge < -0.3 is 5.32 Å². The van der Waals surface area contributed by atoms with Crippen LogP contribution in [0.1, 0.15) is 38.1 Å². The second-order valence-corrected chi connectivity index (χ2v) is 8.38. The molecule has 0 saturated heterocycles. The maximum atomic E-state index is 9.34. The SMILES string of the molecule is N#CCC(C1CCCC1)n1cc(-c2nc(Nc3cncnc3)nc3ccsc23)cn1. The minimum Gasteiger partial charge on any atom is -0.321 e. The Balaban J connectivity index is 1.51. The van der Waals surface area contributed by atoms with Crippen LogP contribution in [-0.4, -0.2) is 29.7 Å². The van der Waals surface area contributed by atoms with Crippen molar-refractivity contribution in [3.05, 3.63) is 42.6 Å². The van der Waals surface area contributed by atoms with Crippen LogP contribution in [0.2, 0.25) is 0 Å². The van der Waals surface area contributed by atoms with Gasteiger partial charge >= 0.3 is 0 Å². The van der Waals surface area contributed by atoms with E-state index in [0.717, 1.165) is 40.0 Å². The number of hydrogen-bond acceptors (Lipinski definition) is 8. The average molecular weight is 417 g/mol. The first kappa shape index (κ1) is 18.6. The zero-order valence-electron chi connectivity index (χ0n) is 16.3. The molecule has 9 heteroatoms. The van der Waals surface area contributed by atoms with E-state index in [4.69, 9.17) is 4.98 Å². The first-order chi connectivity index (χ1) is 14.8. The molecule has 1 N–H and O–H groups in total. The van der Waals surface area contributed by atoms with E-state index in [1.54, 1.807) is 23.7 Å². The number of anilines is 2. The Morgan fingerprint density at radius 3 is 2.83 bits per heavy atom. The normalized spacial score (nSPS) is 15.3. The zero-order chi connectivity index (χ0) is 20.3. The van der Waals surface area contributed by atoms with Crippen LogP contribution in [0.5, 0.6) is 0 Å². The van der Waals surface area contributed by atoms with E-state index < -0.39 is 0 Å². The van der Waals surface area contributed by atoms with Crippen LogP contribution < -0.4 is 5.32 Å². The van der Waals surface area contributed by atoms with Crippen molar-refractivity contribution in [1.29, 1.82) is 5.26 Å². The van der Waals surface area contributed by atoms with Crippen LogP contribution in [0.3, 0.4) is 0 Å². The molecule has 4 aromatic heterocycles. The average Bonchev–Trinajstić information content (AvgIpc) is 3.54. The summed E-state index contributed by atoms with van der Waals surface area (Å²) >= 11 is 1.61. The number of thiophene rings is 1. The van der Waals surface area contributed by atoms with Crippen LogP contribution in [0.4, 0.5) is 11.6 Å². The third-order valence-corrected chi connectivity index (χ3v) is 6.49. The van der Waals surface area contributed by atoms with E-state index in [1.807, 2.05) is 28.5 Å². The van der Waals surface area contributed by atoms with E-state index in [1.165, 1.54) is 19.2 Å². The quantitative estimate of drug-likeness (QED) is 0.484. The Morgan fingerprint density at radius 2 is 2.03 bits per heavy atom. The first-order valence-electron chi connectivity index (χ1n) is 10.0. The van der Waals surface area contributed by atoms with Crippen LogP contribution >= 0.6 is 11.3 Å². The number of nitrogens with zero attached hydrogens (tertiary/aromatic N) is 7. The monoisotopic (exact) mass is 416 g/mol. The highest BCUT2D eigenvalue weighted by molar-refractivity contribution is 7.17. The molecule has 1 fully saturated rings. The van der Waals surface area contributed by atoms with Crippen molar-refractivity contribution >= 4 is 33.2 Å². The molecule has 5 rings (SSSR count). The van der Waals surface area contributed by atoms with Crippen LogP contribution in [0.15, 0.2) is 42.6 Å². The molecule has 1 aliphatic carbocycles. The van der Waals surface area contributed by atoms with Crippen molar-refractivity contribution in [3.63, 3.8) is 0 Å². The molecule has 0 bridgehead atoms. The fourth-order valence-electron chi connectivity index (χ4n) is 4.16. The van der Waals surface area contributed by atoms with Crippen molar-refractivity contribution in [2.75, 3.05) is 5.32 Å². The number of nitrogens with one attached hydrogen (secondary N) is 1. The molecule has 1 unspecified atom stereocenters. The minimum absolute atomic E-state index is 0.117. The minimum atomic E-state index is 0.117. The van der Waals surface area contributed by atoms with Gasteiger partial charge in [-0.15, -0.1) is 11.3 Å². The highest BCUT2D eigenvalue weighted by Gasteiger charge is 2.27. The van der Waals surface area contributed by atoms with Gasteiger partial charge in [-0.3, -0.25) is 4.68 Å². The summed E-state index contributed by atoms with van der Waals surface area (Å²) in [5.41, 5.74) is 3.37. The van der Waals surface area contributed by atoms with Gasteiger partial charge in [0.15, 0.2) is 0 Å². The molecule has 8 nitrogen and oxygen atoms in total. The molecule has 1 aliphatic rings. The Labute approximate surface area is 177 Å². The molecule has 0 amide bonds. The predicted octanol–water partition coefficient (Wildman–Crippen LogP) is 4.73. The summed E-state index contributed by atoms with van der Waals surface area (Å²) in [6.45, 7) is 0. The van der Waals surface area contributed by atoms with Crippen molar-refractivity contribution in [2.45, 2.75) is 38.1 Å². The summed E-state index contributed by atoms with van der Waals surface area (Å²) in [5.74, 6) is 1.00. The molecule has 4 aromatic rings. The smallest absolute Gasteiger partial charge is 0.228 e. The molecular weight excluding hydrogens is 396 g/mol. The van der Waals surface area contributed by atoms with Crippen LogP contribution in [-0.2, 0) is 0 Å². The molecule has 150 valence electrons. The molecule has 0 aliphatic heterocycles. The van der Waals surface area contributed by atoms with Gasteiger partial charge in [0.05, 0.1) is 58.7 Å². The highest BCUT2D eigenvalue weighted by Crippen LogP contribution is 2.37. The van der Waals surface area contributed by atoms with E-state index in [9.17, 15) is 5.26 Å². The number of fused-ring (bicyclic) bond motifs is 1. The summed E-state index contributed by atoms with van der Waals surface area (Å²) in [7, 11) is 0. The first-order valence-corrected chi connectivity index (χ1v) is 10.9. The van der Waals surface area contributed by atoms with E-state index in [0.29, 0.717) is 18.3 Å². The van der Waals surface area contributed by atoms with E-state index in [2.05, 4.69) is 31.4 Å². The van der Waals surface area contributed by atoms with Crippen LogP contribution in [0, 0.1) is 17.2 Å². The van der Waals surface area contributed by atoms with Gasteiger partial charge in [-0.1, -0.05) is 12.8 Å². The fraction of sp³-hybridized carbons (Fsp3) is 0.333. The van der Waals surface area contributed by atoms with Gasteiger partial charge in [0.2, 0.25) is 5.95 Å². The summed E-state index contributed by atoms with van der Waals surface area (Å²) < 4.78 is 2.98. The Hall–Kier alpha value is -3.38. The fourth-order valence-corrected chi connectivity index (χ4v) is 5.00.